The number of fused-ring (bicyclic) bond motifs is 1. The minimum absolute atomic E-state index is 0.201. The lowest BCUT2D eigenvalue weighted by Crippen LogP contribution is -2.21. The van der Waals surface area contributed by atoms with E-state index in [1.165, 1.54) is 11.1 Å². The third-order valence-corrected chi connectivity index (χ3v) is 4.09. The number of hydrogen-bond acceptors (Lipinski definition) is 3. The lowest BCUT2D eigenvalue weighted by Gasteiger charge is -2.22. The molecule has 98 valence electrons. The number of nitrogens with two attached hydrogens (primary N) is 1. The van der Waals surface area contributed by atoms with E-state index in [0.29, 0.717) is 5.92 Å². The summed E-state index contributed by atoms with van der Waals surface area (Å²) in [7, 11) is 0. The predicted molar refractivity (Wildman–Crippen MR) is 70.7 cm³/mol. The van der Waals surface area contributed by atoms with Crippen LogP contribution in [0.15, 0.2) is 18.2 Å². The Bertz CT molecular complexity index is 413. The highest BCUT2D eigenvalue weighted by Crippen LogP contribution is 2.35. The molecule has 2 N–H and O–H groups in total. The zero-order chi connectivity index (χ0) is 12.4. The van der Waals surface area contributed by atoms with E-state index in [0.717, 1.165) is 51.3 Å². The monoisotopic (exact) mass is 247 g/mol. The molecule has 2 aliphatic rings. The quantitative estimate of drug-likeness (QED) is 0.892. The van der Waals surface area contributed by atoms with Crippen LogP contribution in [0.3, 0.4) is 0 Å². The summed E-state index contributed by atoms with van der Waals surface area (Å²) < 4.78 is 11.4. The lowest BCUT2D eigenvalue weighted by atomic mass is 10.0. The van der Waals surface area contributed by atoms with E-state index >= 15 is 0 Å². The van der Waals surface area contributed by atoms with Crippen LogP contribution in [0.4, 0.5) is 0 Å². The Hall–Kier alpha value is -1.06. The van der Waals surface area contributed by atoms with Gasteiger partial charge in [0.15, 0.2) is 0 Å². The van der Waals surface area contributed by atoms with E-state index in [9.17, 15) is 0 Å². The normalized spacial score (nSPS) is 23.9. The molecule has 1 aliphatic carbocycles. The van der Waals surface area contributed by atoms with Crippen molar-refractivity contribution in [2.24, 2.45) is 11.7 Å². The van der Waals surface area contributed by atoms with Crippen molar-refractivity contribution in [3.8, 4) is 5.75 Å². The van der Waals surface area contributed by atoms with Gasteiger partial charge in [0.25, 0.3) is 0 Å². The molecule has 0 radical (unpaired) electrons. The van der Waals surface area contributed by atoms with Crippen molar-refractivity contribution < 1.29 is 9.47 Å². The fourth-order valence-corrected chi connectivity index (χ4v) is 2.91. The van der Waals surface area contributed by atoms with Crippen LogP contribution < -0.4 is 10.5 Å². The van der Waals surface area contributed by atoms with Gasteiger partial charge in [-0.25, -0.2) is 0 Å². The summed E-state index contributed by atoms with van der Waals surface area (Å²) in [4.78, 5) is 0. The molecular formula is C15H21NO2. The molecule has 0 bridgehead atoms. The van der Waals surface area contributed by atoms with Crippen LogP contribution in [0, 0.1) is 5.92 Å². The topological polar surface area (TPSA) is 44.5 Å². The van der Waals surface area contributed by atoms with Crippen LogP contribution in [0.2, 0.25) is 0 Å². The number of ether oxygens (including phenoxy) is 2. The van der Waals surface area contributed by atoms with E-state index in [1.54, 1.807) is 0 Å². The zero-order valence-corrected chi connectivity index (χ0v) is 10.7. The first-order chi connectivity index (χ1) is 8.84. The second-order valence-corrected chi connectivity index (χ2v) is 5.34. The Morgan fingerprint density at radius 1 is 1.22 bits per heavy atom. The Labute approximate surface area is 108 Å². The highest BCUT2D eigenvalue weighted by atomic mass is 16.5. The first-order valence-corrected chi connectivity index (χ1v) is 6.92. The van der Waals surface area contributed by atoms with E-state index in [-0.39, 0.29) is 6.04 Å². The van der Waals surface area contributed by atoms with E-state index in [1.807, 2.05) is 0 Å². The van der Waals surface area contributed by atoms with Gasteiger partial charge in [-0.3, -0.25) is 0 Å². The standard InChI is InChI=1S/C15H21NO2/c16-14-5-4-13-12(14)2-1-3-15(13)18-10-11-6-8-17-9-7-11/h1-3,11,14H,4-10,16H2. The lowest BCUT2D eigenvalue weighted by molar-refractivity contribution is 0.0496. The van der Waals surface area contributed by atoms with Crippen LogP contribution in [0.5, 0.6) is 5.75 Å². The van der Waals surface area contributed by atoms with Gasteiger partial charge in [-0.05, 0) is 48.8 Å². The summed E-state index contributed by atoms with van der Waals surface area (Å²) >= 11 is 0. The molecule has 1 aromatic carbocycles. The third kappa shape index (κ3) is 2.38. The van der Waals surface area contributed by atoms with E-state index in [4.69, 9.17) is 15.2 Å². The van der Waals surface area contributed by atoms with Crippen molar-refractivity contribution >= 4 is 0 Å². The smallest absolute Gasteiger partial charge is 0.122 e. The molecule has 3 rings (SSSR count). The van der Waals surface area contributed by atoms with E-state index in [2.05, 4.69) is 18.2 Å². The van der Waals surface area contributed by atoms with Crippen LogP contribution in [0.25, 0.3) is 0 Å². The second-order valence-electron chi connectivity index (χ2n) is 5.34. The molecule has 1 heterocycles. The van der Waals surface area contributed by atoms with Crippen LogP contribution >= 0.6 is 0 Å². The molecule has 0 spiro atoms. The van der Waals surface area contributed by atoms with Crippen molar-refractivity contribution in [1.82, 2.24) is 0 Å². The molecule has 1 saturated heterocycles. The zero-order valence-electron chi connectivity index (χ0n) is 10.7. The summed E-state index contributed by atoms with van der Waals surface area (Å²) in [5.74, 6) is 1.69. The second kappa shape index (κ2) is 5.29. The van der Waals surface area contributed by atoms with Gasteiger partial charge in [0, 0.05) is 19.3 Å². The molecule has 0 aromatic heterocycles. The fraction of sp³-hybridized carbons (Fsp3) is 0.600. The first kappa shape index (κ1) is 12.0. The van der Waals surface area contributed by atoms with Crippen LogP contribution in [-0.4, -0.2) is 19.8 Å². The van der Waals surface area contributed by atoms with Crippen LogP contribution in [0.1, 0.15) is 36.4 Å². The summed E-state index contributed by atoms with van der Waals surface area (Å²) in [6, 6.07) is 6.47. The summed E-state index contributed by atoms with van der Waals surface area (Å²) in [5, 5.41) is 0. The van der Waals surface area contributed by atoms with Gasteiger partial charge in [-0.15, -0.1) is 0 Å². The fourth-order valence-electron chi connectivity index (χ4n) is 2.91. The Morgan fingerprint density at radius 2 is 2.06 bits per heavy atom. The average molecular weight is 247 g/mol. The number of rotatable bonds is 3. The molecule has 0 amide bonds. The average Bonchev–Trinajstić information content (AvgIpc) is 2.80. The molecule has 3 nitrogen and oxygen atoms in total. The molecule has 0 saturated carbocycles. The van der Waals surface area contributed by atoms with Gasteiger partial charge < -0.3 is 15.2 Å². The van der Waals surface area contributed by atoms with Crippen molar-refractivity contribution in [2.75, 3.05) is 19.8 Å². The maximum atomic E-state index is 6.08. The molecule has 1 aromatic rings. The SMILES string of the molecule is NC1CCc2c(OCC3CCOCC3)cccc21. The number of hydrogen-bond donors (Lipinski definition) is 1. The Morgan fingerprint density at radius 3 is 2.89 bits per heavy atom. The van der Waals surface area contributed by atoms with Crippen molar-refractivity contribution in [1.29, 1.82) is 0 Å². The summed E-state index contributed by atoms with van der Waals surface area (Å²) in [6.07, 6.45) is 4.34. The predicted octanol–water partition coefficient (Wildman–Crippen LogP) is 2.44. The molecule has 1 unspecified atom stereocenters. The molecule has 1 fully saturated rings. The largest absolute Gasteiger partial charge is 0.493 e. The molecule has 3 heteroatoms. The van der Waals surface area contributed by atoms with Gasteiger partial charge >= 0.3 is 0 Å². The maximum Gasteiger partial charge on any atom is 0.122 e. The van der Waals surface area contributed by atoms with Crippen molar-refractivity contribution in [3.05, 3.63) is 29.3 Å². The highest BCUT2D eigenvalue weighted by molar-refractivity contribution is 5.44. The molecule has 1 atom stereocenters. The van der Waals surface area contributed by atoms with Crippen molar-refractivity contribution in [3.63, 3.8) is 0 Å². The van der Waals surface area contributed by atoms with Gasteiger partial charge in [0.05, 0.1) is 6.61 Å². The van der Waals surface area contributed by atoms with Crippen LogP contribution in [-0.2, 0) is 11.2 Å². The first-order valence-electron chi connectivity index (χ1n) is 6.92. The molecular weight excluding hydrogens is 226 g/mol. The Kier molecular flexibility index (Phi) is 3.52. The highest BCUT2D eigenvalue weighted by Gasteiger charge is 2.22. The Balaban J connectivity index is 1.66. The summed E-state index contributed by atoms with van der Waals surface area (Å²) in [5.41, 5.74) is 8.69. The minimum Gasteiger partial charge on any atom is -0.493 e. The van der Waals surface area contributed by atoms with E-state index < -0.39 is 0 Å². The molecule has 1 aliphatic heterocycles. The summed E-state index contributed by atoms with van der Waals surface area (Å²) in [6.45, 7) is 2.58. The molecule has 18 heavy (non-hydrogen) atoms. The van der Waals surface area contributed by atoms with Gasteiger partial charge in [0.2, 0.25) is 0 Å². The third-order valence-electron chi connectivity index (χ3n) is 4.09. The number of benzene rings is 1. The minimum atomic E-state index is 0.201. The van der Waals surface area contributed by atoms with Gasteiger partial charge in [-0.2, -0.15) is 0 Å². The maximum absolute atomic E-state index is 6.08. The van der Waals surface area contributed by atoms with Gasteiger partial charge in [0.1, 0.15) is 5.75 Å². The van der Waals surface area contributed by atoms with Gasteiger partial charge in [-0.1, -0.05) is 12.1 Å². The van der Waals surface area contributed by atoms with Crippen molar-refractivity contribution in [2.45, 2.75) is 31.7 Å².